The van der Waals surface area contributed by atoms with E-state index in [0.29, 0.717) is 0 Å². The van der Waals surface area contributed by atoms with Crippen molar-refractivity contribution in [2.75, 3.05) is 19.0 Å². The predicted octanol–water partition coefficient (Wildman–Crippen LogP) is 4.24. The van der Waals surface area contributed by atoms with Crippen LogP contribution in [0.4, 0.5) is 10.1 Å². The van der Waals surface area contributed by atoms with E-state index in [2.05, 4.69) is 76.3 Å². The first kappa shape index (κ1) is 17.9. The molecule has 134 valence electrons. The number of halogens is 1. The fraction of sp³-hybridized carbons (Fsp3) is 0.238. The van der Waals surface area contributed by atoms with E-state index in [0.717, 1.165) is 24.2 Å². The zero-order valence-electron chi connectivity index (χ0n) is 14.9. The second-order valence-corrected chi connectivity index (χ2v) is 6.11. The molecule has 0 aliphatic carbocycles. The lowest BCUT2D eigenvalue weighted by Gasteiger charge is -2.01. The summed E-state index contributed by atoms with van der Waals surface area (Å²) in [6.07, 6.45) is 7.73. The Bertz CT molecular complexity index is 835. The lowest BCUT2D eigenvalue weighted by atomic mass is 10.1. The van der Waals surface area contributed by atoms with E-state index in [1.807, 2.05) is 13.2 Å². The summed E-state index contributed by atoms with van der Waals surface area (Å²) >= 11 is 0. The number of nitrogens with one attached hydrogen (secondary N) is 1. The van der Waals surface area contributed by atoms with Crippen LogP contribution in [0.15, 0.2) is 54.7 Å². The molecular formula is C21H23FN4. The van der Waals surface area contributed by atoms with Gasteiger partial charge in [-0.2, -0.15) is 0 Å². The van der Waals surface area contributed by atoms with E-state index in [1.54, 1.807) is 4.68 Å². The molecule has 0 atom stereocenters. The molecule has 1 heterocycles. The molecule has 1 aromatic heterocycles. The van der Waals surface area contributed by atoms with Crippen molar-refractivity contribution in [3.8, 4) is 0 Å². The Hall–Kier alpha value is -2.95. The smallest absolute Gasteiger partial charge is 0.109 e. The first-order valence-corrected chi connectivity index (χ1v) is 8.76. The van der Waals surface area contributed by atoms with Crippen LogP contribution in [-0.4, -0.2) is 28.7 Å². The molecule has 0 spiro atoms. The summed E-state index contributed by atoms with van der Waals surface area (Å²) in [4.78, 5) is 0. The van der Waals surface area contributed by atoms with Crippen LogP contribution >= 0.6 is 0 Å². The van der Waals surface area contributed by atoms with Crippen molar-refractivity contribution in [2.24, 2.45) is 0 Å². The van der Waals surface area contributed by atoms with Crippen molar-refractivity contribution in [3.05, 3.63) is 77.1 Å². The third kappa shape index (κ3) is 5.02. The molecule has 0 saturated heterocycles. The van der Waals surface area contributed by atoms with Gasteiger partial charge < -0.3 is 5.32 Å². The molecule has 4 nitrogen and oxygen atoms in total. The highest BCUT2D eigenvalue weighted by Crippen LogP contribution is 2.13. The molecule has 0 amide bonds. The molecule has 3 aromatic rings. The van der Waals surface area contributed by atoms with E-state index >= 15 is 0 Å². The average Bonchev–Trinajstić information content (AvgIpc) is 3.14. The van der Waals surface area contributed by atoms with Gasteiger partial charge in [-0.05, 0) is 41.7 Å². The second kappa shape index (κ2) is 8.94. The van der Waals surface area contributed by atoms with Gasteiger partial charge in [-0.1, -0.05) is 53.8 Å². The van der Waals surface area contributed by atoms with Gasteiger partial charge in [0.15, 0.2) is 0 Å². The lowest BCUT2D eigenvalue weighted by molar-refractivity contribution is 0.422. The van der Waals surface area contributed by atoms with Gasteiger partial charge in [0.1, 0.15) is 6.67 Å². The first-order valence-electron chi connectivity index (χ1n) is 8.76. The monoisotopic (exact) mass is 350 g/mol. The molecule has 3 rings (SSSR count). The molecule has 0 aliphatic rings. The number of rotatable bonds is 8. The number of hydrogen-bond acceptors (Lipinski definition) is 3. The summed E-state index contributed by atoms with van der Waals surface area (Å²) in [5, 5.41) is 11.1. The van der Waals surface area contributed by atoms with Gasteiger partial charge in [0.05, 0.1) is 12.2 Å². The van der Waals surface area contributed by atoms with Crippen molar-refractivity contribution in [3.63, 3.8) is 0 Å². The topological polar surface area (TPSA) is 42.7 Å². The van der Waals surface area contributed by atoms with Gasteiger partial charge in [0.25, 0.3) is 0 Å². The maximum absolute atomic E-state index is 12.3. The van der Waals surface area contributed by atoms with Gasteiger partial charge >= 0.3 is 0 Å². The Morgan fingerprint density at radius 1 is 0.962 bits per heavy atom. The number of aromatic nitrogens is 3. The van der Waals surface area contributed by atoms with Crippen LogP contribution in [-0.2, 0) is 19.4 Å². The van der Waals surface area contributed by atoms with Crippen molar-refractivity contribution >= 4 is 17.8 Å². The van der Waals surface area contributed by atoms with Gasteiger partial charge in [-0.15, -0.1) is 5.10 Å². The Balaban J connectivity index is 1.54. The van der Waals surface area contributed by atoms with Crippen LogP contribution in [0, 0.1) is 0 Å². The molecule has 0 unspecified atom stereocenters. The molecule has 26 heavy (non-hydrogen) atoms. The zero-order valence-corrected chi connectivity index (χ0v) is 14.9. The lowest BCUT2D eigenvalue weighted by Crippen LogP contribution is -1.99. The van der Waals surface area contributed by atoms with Crippen LogP contribution in [0.3, 0.4) is 0 Å². The highest BCUT2D eigenvalue weighted by atomic mass is 19.1. The third-order valence-electron chi connectivity index (χ3n) is 4.22. The van der Waals surface area contributed by atoms with E-state index in [-0.39, 0.29) is 6.54 Å². The van der Waals surface area contributed by atoms with E-state index in [1.165, 1.54) is 16.7 Å². The number of nitrogens with zero attached hydrogens (tertiary/aromatic N) is 3. The van der Waals surface area contributed by atoms with E-state index in [4.69, 9.17) is 0 Å². The second-order valence-electron chi connectivity index (χ2n) is 6.11. The average molecular weight is 350 g/mol. The predicted molar refractivity (Wildman–Crippen MR) is 105 cm³/mol. The van der Waals surface area contributed by atoms with Gasteiger partial charge in [0, 0.05) is 18.9 Å². The fourth-order valence-corrected chi connectivity index (χ4v) is 2.67. The normalized spacial score (nSPS) is 11.2. The number of aryl methyl sites for hydroxylation is 3. The fourth-order valence-electron chi connectivity index (χ4n) is 2.67. The Labute approximate surface area is 153 Å². The standard InChI is InChI=1S/C21H23FN4/c1-23-20-11-8-19(9-12-20)7-4-17-2-5-18(6-3-17)10-13-21-16-26(15-14-22)25-24-21/h2-9,11-12,16,23H,10,13-15H2,1H3/b7-4+. The van der Waals surface area contributed by atoms with Crippen molar-refractivity contribution < 1.29 is 4.39 Å². The third-order valence-corrected chi connectivity index (χ3v) is 4.22. The van der Waals surface area contributed by atoms with Crippen LogP contribution in [0.2, 0.25) is 0 Å². The summed E-state index contributed by atoms with van der Waals surface area (Å²) in [6, 6.07) is 16.8. The quantitative estimate of drug-likeness (QED) is 0.618. The number of anilines is 1. The Kier molecular flexibility index (Phi) is 6.14. The molecule has 0 fully saturated rings. The van der Waals surface area contributed by atoms with Crippen LogP contribution < -0.4 is 5.32 Å². The maximum Gasteiger partial charge on any atom is 0.109 e. The highest BCUT2D eigenvalue weighted by Gasteiger charge is 2.02. The van der Waals surface area contributed by atoms with E-state index < -0.39 is 6.67 Å². The zero-order chi connectivity index (χ0) is 18.2. The number of benzene rings is 2. The molecule has 0 radical (unpaired) electrons. The van der Waals surface area contributed by atoms with Crippen LogP contribution in [0.5, 0.6) is 0 Å². The van der Waals surface area contributed by atoms with Crippen LogP contribution in [0.25, 0.3) is 12.2 Å². The minimum atomic E-state index is -0.419. The van der Waals surface area contributed by atoms with Crippen molar-refractivity contribution in [1.82, 2.24) is 15.0 Å². The summed E-state index contributed by atoms with van der Waals surface area (Å²) in [5.74, 6) is 0. The van der Waals surface area contributed by atoms with Gasteiger partial charge in [-0.25, -0.2) is 9.07 Å². The maximum atomic E-state index is 12.3. The Morgan fingerprint density at radius 3 is 2.23 bits per heavy atom. The van der Waals surface area contributed by atoms with Crippen molar-refractivity contribution in [2.45, 2.75) is 19.4 Å². The summed E-state index contributed by atoms with van der Waals surface area (Å²) in [5.41, 5.74) is 5.59. The molecular weight excluding hydrogens is 327 g/mol. The number of hydrogen-bond donors (Lipinski definition) is 1. The highest BCUT2D eigenvalue weighted by molar-refractivity contribution is 5.70. The molecule has 0 bridgehead atoms. The van der Waals surface area contributed by atoms with Crippen molar-refractivity contribution in [1.29, 1.82) is 0 Å². The van der Waals surface area contributed by atoms with Crippen LogP contribution in [0.1, 0.15) is 22.4 Å². The molecule has 2 aromatic carbocycles. The summed E-state index contributed by atoms with van der Waals surface area (Å²) in [7, 11) is 1.92. The summed E-state index contributed by atoms with van der Waals surface area (Å²) < 4.78 is 13.8. The minimum Gasteiger partial charge on any atom is -0.388 e. The Morgan fingerprint density at radius 2 is 1.62 bits per heavy atom. The van der Waals surface area contributed by atoms with Gasteiger partial charge in [0.2, 0.25) is 0 Å². The minimum absolute atomic E-state index is 0.270. The molecule has 1 N–H and O–H groups in total. The molecule has 5 heteroatoms. The van der Waals surface area contributed by atoms with E-state index in [9.17, 15) is 4.39 Å². The SMILES string of the molecule is CNc1ccc(/C=C/c2ccc(CCc3cn(CCF)nn3)cc2)cc1. The molecule has 0 aliphatic heterocycles. The molecule has 0 saturated carbocycles. The van der Waals surface area contributed by atoms with Gasteiger partial charge in [-0.3, -0.25) is 0 Å². The largest absolute Gasteiger partial charge is 0.388 e. The number of alkyl halides is 1. The first-order chi connectivity index (χ1) is 12.8. The summed E-state index contributed by atoms with van der Waals surface area (Å²) in [6.45, 7) is -0.150.